The van der Waals surface area contributed by atoms with Crippen LogP contribution in [-0.4, -0.2) is 128 Å². The third-order valence-corrected chi connectivity index (χ3v) is 8.30. The van der Waals surface area contributed by atoms with Gasteiger partial charge in [-0.25, -0.2) is 9.78 Å². The topological polar surface area (TPSA) is 209 Å². The lowest BCUT2D eigenvalue weighted by atomic mass is 9.96. The minimum atomic E-state index is -2.74. The van der Waals surface area contributed by atoms with Gasteiger partial charge < -0.3 is 34.8 Å². The van der Waals surface area contributed by atoms with Gasteiger partial charge in [0.1, 0.15) is 5.82 Å². The number of amides is 1. The van der Waals surface area contributed by atoms with Crippen LogP contribution in [0.2, 0.25) is 0 Å². The van der Waals surface area contributed by atoms with E-state index < -0.39 is 36.4 Å². The molecular formula is C30H46N4O11. The van der Waals surface area contributed by atoms with Gasteiger partial charge in [-0.15, -0.1) is 0 Å². The van der Waals surface area contributed by atoms with E-state index >= 15 is 0 Å². The molecule has 1 amide bonds. The molecule has 0 bridgehead atoms. The van der Waals surface area contributed by atoms with Gasteiger partial charge >= 0.3 is 17.9 Å². The van der Waals surface area contributed by atoms with Crippen molar-refractivity contribution in [1.29, 1.82) is 0 Å². The third-order valence-electron chi connectivity index (χ3n) is 8.30. The predicted molar refractivity (Wildman–Crippen MR) is 159 cm³/mol. The first-order chi connectivity index (χ1) is 21.4. The quantitative estimate of drug-likeness (QED) is 0.218. The van der Waals surface area contributed by atoms with E-state index in [0.29, 0.717) is 26.3 Å². The number of carbonyl (C=O) groups excluding carboxylic acids is 1. The van der Waals surface area contributed by atoms with Gasteiger partial charge in [0.05, 0.1) is 44.4 Å². The molecule has 1 aromatic heterocycles. The fraction of sp³-hybridized carbons (Fsp3) is 0.733. The number of hydrogen-bond acceptors (Lipinski definition) is 10. The number of nitrogens with zero attached hydrogens (tertiary/aromatic N) is 4. The number of aliphatic carboxylic acids is 3. The van der Waals surface area contributed by atoms with E-state index in [0.717, 1.165) is 82.7 Å². The molecule has 2 atom stereocenters. The molecule has 0 aliphatic carbocycles. The molecule has 3 aliphatic rings. The summed E-state index contributed by atoms with van der Waals surface area (Å²) in [5, 5.41) is 33.8. The van der Waals surface area contributed by atoms with Crippen LogP contribution in [0.4, 0.5) is 0 Å². The van der Waals surface area contributed by atoms with Crippen molar-refractivity contribution in [2.24, 2.45) is 0 Å². The van der Waals surface area contributed by atoms with Crippen LogP contribution in [0.25, 0.3) is 0 Å². The van der Waals surface area contributed by atoms with Crippen LogP contribution in [0.15, 0.2) is 10.9 Å². The SMILES string of the molecule is CN(CCOCC1CCCCO1)C(=O)CN1CCC(c2cc(=O)n3c(n2)CCCCC3)C1.O=C(O)CC(O)(CC(=O)O)C(=O)O. The Balaban J connectivity index is 0.000000360. The average molecular weight is 639 g/mol. The summed E-state index contributed by atoms with van der Waals surface area (Å²) < 4.78 is 13.3. The highest BCUT2D eigenvalue weighted by Gasteiger charge is 2.40. The number of carboxylic acid groups (broad SMARTS) is 3. The van der Waals surface area contributed by atoms with Gasteiger partial charge in [-0.2, -0.15) is 0 Å². The van der Waals surface area contributed by atoms with Crippen molar-refractivity contribution in [3.8, 4) is 0 Å². The standard InChI is InChI=1S/C24H38N4O4.C6H8O7/c1-26(12-14-31-18-20-7-4-6-13-32-20)24(30)17-27-11-9-19(16-27)21-15-23(29)28-10-5-2-3-8-22(28)25-21;7-3(8)1-6(13,5(11)12)2-4(9)10/h15,19-20H,2-14,16-18H2,1H3;13H,1-2H2,(H,7,8)(H,9,10)(H,11,12). The second-order valence-corrected chi connectivity index (χ2v) is 12.0. The van der Waals surface area contributed by atoms with Gasteiger partial charge in [-0.3, -0.25) is 28.6 Å². The number of carboxylic acids is 3. The van der Waals surface area contributed by atoms with Crippen LogP contribution in [0.1, 0.15) is 75.2 Å². The fourth-order valence-corrected chi connectivity index (χ4v) is 5.67. The monoisotopic (exact) mass is 638 g/mol. The Bertz CT molecular complexity index is 1210. The number of rotatable bonds is 13. The molecule has 4 N–H and O–H groups in total. The second-order valence-electron chi connectivity index (χ2n) is 12.0. The molecule has 2 fully saturated rings. The molecule has 0 radical (unpaired) electrons. The van der Waals surface area contributed by atoms with Gasteiger partial charge in [-0.05, 0) is 45.1 Å². The maximum Gasteiger partial charge on any atom is 0.336 e. The molecule has 0 aromatic carbocycles. The highest BCUT2D eigenvalue weighted by Crippen LogP contribution is 2.26. The Morgan fingerprint density at radius 1 is 1.04 bits per heavy atom. The lowest BCUT2D eigenvalue weighted by Gasteiger charge is -2.24. The molecule has 0 saturated carbocycles. The zero-order chi connectivity index (χ0) is 33.0. The largest absolute Gasteiger partial charge is 0.481 e. The Labute approximate surface area is 261 Å². The maximum absolute atomic E-state index is 12.7. The zero-order valence-corrected chi connectivity index (χ0v) is 25.9. The lowest BCUT2D eigenvalue weighted by molar-refractivity contribution is -0.170. The van der Waals surface area contributed by atoms with Crippen LogP contribution in [0.3, 0.4) is 0 Å². The van der Waals surface area contributed by atoms with Crippen LogP contribution in [0.5, 0.6) is 0 Å². The number of ether oxygens (including phenoxy) is 2. The van der Waals surface area contributed by atoms with E-state index in [-0.39, 0.29) is 23.5 Å². The highest BCUT2D eigenvalue weighted by molar-refractivity contribution is 5.88. The number of aromatic nitrogens is 2. The molecule has 0 spiro atoms. The van der Waals surface area contributed by atoms with Crippen LogP contribution in [0, 0.1) is 0 Å². The van der Waals surface area contributed by atoms with Crippen molar-refractivity contribution in [1.82, 2.24) is 19.4 Å². The number of hydrogen-bond donors (Lipinski definition) is 4. The number of likely N-dealkylation sites (N-methyl/N-ethyl adjacent to an activating group) is 1. The zero-order valence-electron chi connectivity index (χ0n) is 25.9. The normalized spacial score (nSPS) is 20.3. The molecule has 15 nitrogen and oxygen atoms in total. The summed E-state index contributed by atoms with van der Waals surface area (Å²) in [4.78, 5) is 64.5. The van der Waals surface area contributed by atoms with Gasteiger partial charge in [-0.1, -0.05) is 6.42 Å². The summed E-state index contributed by atoms with van der Waals surface area (Å²) in [5.74, 6) is -3.74. The van der Waals surface area contributed by atoms with E-state index in [9.17, 15) is 24.0 Å². The van der Waals surface area contributed by atoms with Gasteiger partial charge in [0.2, 0.25) is 5.91 Å². The molecule has 2 unspecified atom stereocenters. The minimum Gasteiger partial charge on any atom is -0.481 e. The average Bonchev–Trinajstić information content (AvgIpc) is 3.30. The fourth-order valence-electron chi connectivity index (χ4n) is 5.67. The van der Waals surface area contributed by atoms with Crippen molar-refractivity contribution < 1.29 is 49.1 Å². The molecule has 4 rings (SSSR count). The molecule has 2 saturated heterocycles. The van der Waals surface area contributed by atoms with Crippen molar-refractivity contribution >= 4 is 23.8 Å². The molecule has 15 heteroatoms. The van der Waals surface area contributed by atoms with Crippen LogP contribution in [-0.2, 0) is 41.6 Å². The first-order valence-corrected chi connectivity index (χ1v) is 15.5. The number of aryl methyl sites for hydroxylation is 1. The van der Waals surface area contributed by atoms with E-state index in [4.69, 9.17) is 34.9 Å². The van der Waals surface area contributed by atoms with Crippen LogP contribution >= 0.6 is 0 Å². The number of carbonyl (C=O) groups is 4. The van der Waals surface area contributed by atoms with E-state index in [2.05, 4.69) is 4.90 Å². The van der Waals surface area contributed by atoms with Crippen molar-refractivity contribution in [2.75, 3.05) is 53.0 Å². The summed E-state index contributed by atoms with van der Waals surface area (Å²) in [6.45, 7) is 5.41. The molecule has 45 heavy (non-hydrogen) atoms. The van der Waals surface area contributed by atoms with E-state index in [1.54, 1.807) is 11.0 Å². The summed E-state index contributed by atoms with van der Waals surface area (Å²) in [6.07, 6.45) is 6.48. The second kappa shape index (κ2) is 17.3. The molecule has 252 valence electrons. The highest BCUT2D eigenvalue weighted by atomic mass is 16.5. The van der Waals surface area contributed by atoms with Crippen molar-refractivity contribution in [3.63, 3.8) is 0 Å². The molecular weight excluding hydrogens is 592 g/mol. The molecule has 4 heterocycles. The summed E-state index contributed by atoms with van der Waals surface area (Å²) in [7, 11) is 1.84. The predicted octanol–water partition coefficient (Wildman–Crippen LogP) is 0.555. The van der Waals surface area contributed by atoms with E-state index in [1.165, 1.54) is 6.42 Å². The van der Waals surface area contributed by atoms with Gasteiger partial charge in [0.25, 0.3) is 5.56 Å². The van der Waals surface area contributed by atoms with Gasteiger partial charge in [0, 0.05) is 51.7 Å². The summed E-state index contributed by atoms with van der Waals surface area (Å²) in [5.41, 5.74) is -1.75. The van der Waals surface area contributed by atoms with Gasteiger partial charge in [0.15, 0.2) is 5.60 Å². The number of fused-ring (bicyclic) bond motifs is 1. The minimum absolute atomic E-state index is 0.0831. The Morgan fingerprint density at radius 2 is 1.78 bits per heavy atom. The first-order valence-electron chi connectivity index (χ1n) is 15.5. The number of likely N-dealkylation sites (tertiary alicyclic amines) is 1. The first kappa shape index (κ1) is 36.1. The smallest absolute Gasteiger partial charge is 0.336 e. The molecule has 3 aliphatic heterocycles. The third kappa shape index (κ3) is 11.5. The van der Waals surface area contributed by atoms with Crippen molar-refractivity contribution in [2.45, 2.75) is 88.4 Å². The maximum atomic E-state index is 12.7. The Kier molecular flexibility index (Phi) is 13.9. The summed E-state index contributed by atoms with van der Waals surface area (Å²) in [6, 6.07) is 1.73. The Morgan fingerprint density at radius 3 is 2.42 bits per heavy atom. The molecule has 1 aromatic rings. The lowest BCUT2D eigenvalue weighted by Crippen LogP contribution is -2.42. The van der Waals surface area contributed by atoms with E-state index in [1.807, 2.05) is 11.6 Å². The summed E-state index contributed by atoms with van der Waals surface area (Å²) >= 11 is 0. The van der Waals surface area contributed by atoms with Crippen molar-refractivity contribution in [3.05, 3.63) is 27.9 Å². The number of aliphatic hydroxyl groups is 1. The van der Waals surface area contributed by atoms with Crippen LogP contribution < -0.4 is 5.56 Å². The Hall–Kier alpha value is -3.40.